The van der Waals surface area contributed by atoms with Crippen molar-refractivity contribution in [2.45, 2.75) is 45.1 Å². The highest BCUT2D eigenvalue weighted by molar-refractivity contribution is 7.92. The Hall–Kier alpha value is -2.34. The molecule has 0 aromatic heterocycles. The number of sulfonamides is 1. The van der Waals surface area contributed by atoms with Crippen LogP contribution in [0.2, 0.25) is 0 Å². The molecule has 29 heavy (non-hydrogen) atoms. The number of nitrogens with zero attached hydrogens (tertiary/aromatic N) is 2. The molecule has 5 nitrogen and oxygen atoms in total. The molecule has 6 heteroatoms. The molecule has 0 spiro atoms. The van der Waals surface area contributed by atoms with E-state index < -0.39 is 10.0 Å². The predicted molar refractivity (Wildman–Crippen MR) is 116 cm³/mol. The van der Waals surface area contributed by atoms with Crippen molar-refractivity contribution in [2.75, 3.05) is 23.7 Å². The molecule has 2 aromatic rings. The minimum atomic E-state index is -3.29. The Kier molecular flexibility index (Phi) is 5.38. The molecule has 1 saturated heterocycles. The van der Waals surface area contributed by atoms with Crippen LogP contribution in [0, 0.1) is 6.92 Å². The number of likely N-dealkylation sites (tertiary alicyclic amines) is 1. The molecular weight excluding hydrogens is 384 g/mol. The number of carbonyl (C=O) groups is 1. The first-order chi connectivity index (χ1) is 13.8. The Morgan fingerprint density at radius 1 is 1.03 bits per heavy atom. The standard InChI is InChI=1S/C23H28N2O3S/c1-17-7-6-8-18(15-17)21-9-4-3-5-13-24(21)23(26)20-10-11-22-19(16-20)12-14-25(22)29(2,27)28/h6-8,10-11,15-16,21H,3-5,9,12-14H2,1-2H3. The molecule has 0 radical (unpaired) electrons. The molecule has 4 rings (SSSR count). The lowest BCUT2D eigenvalue weighted by molar-refractivity contribution is 0.0681. The van der Waals surface area contributed by atoms with Crippen LogP contribution < -0.4 is 4.31 Å². The topological polar surface area (TPSA) is 57.7 Å². The maximum absolute atomic E-state index is 13.5. The Morgan fingerprint density at radius 3 is 2.62 bits per heavy atom. The maximum Gasteiger partial charge on any atom is 0.254 e. The highest BCUT2D eigenvalue weighted by Crippen LogP contribution is 2.34. The number of carbonyl (C=O) groups excluding carboxylic acids is 1. The fourth-order valence-electron chi connectivity index (χ4n) is 4.59. The van der Waals surface area contributed by atoms with Crippen molar-refractivity contribution in [1.29, 1.82) is 0 Å². The van der Waals surface area contributed by atoms with Gasteiger partial charge in [-0.25, -0.2) is 8.42 Å². The average Bonchev–Trinajstić information content (AvgIpc) is 2.96. The third-order valence-corrected chi connectivity index (χ3v) is 7.20. The minimum Gasteiger partial charge on any atom is -0.332 e. The molecule has 2 heterocycles. The molecule has 0 saturated carbocycles. The van der Waals surface area contributed by atoms with Crippen LogP contribution >= 0.6 is 0 Å². The van der Waals surface area contributed by atoms with Gasteiger partial charge in [0.15, 0.2) is 0 Å². The number of rotatable bonds is 3. The number of aryl methyl sites for hydroxylation is 1. The van der Waals surface area contributed by atoms with E-state index in [4.69, 9.17) is 0 Å². The van der Waals surface area contributed by atoms with Crippen molar-refractivity contribution in [1.82, 2.24) is 4.90 Å². The van der Waals surface area contributed by atoms with Gasteiger partial charge in [0, 0.05) is 18.7 Å². The van der Waals surface area contributed by atoms with Crippen LogP contribution in [0.5, 0.6) is 0 Å². The molecule has 2 aliphatic heterocycles. The second-order valence-electron chi connectivity index (χ2n) is 8.21. The smallest absolute Gasteiger partial charge is 0.254 e. The monoisotopic (exact) mass is 412 g/mol. The van der Waals surface area contributed by atoms with Crippen LogP contribution in [0.4, 0.5) is 5.69 Å². The van der Waals surface area contributed by atoms with Crippen LogP contribution in [0.25, 0.3) is 0 Å². The van der Waals surface area contributed by atoms with Crippen LogP contribution in [0.15, 0.2) is 42.5 Å². The molecule has 1 amide bonds. The first kappa shape index (κ1) is 20.0. The van der Waals surface area contributed by atoms with Crippen LogP contribution in [0.1, 0.15) is 58.8 Å². The number of anilines is 1. The summed E-state index contributed by atoms with van der Waals surface area (Å²) in [6, 6.07) is 14.0. The fraction of sp³-hybridized carbons (Fsp3) is 0.435. The van der Waals surface area contributed by atoms with Crippen molar-refractivity contribution in [3.63, 3.8) is 0 Å². The van der Waals surface area contributed by atoms with E-state index in [2.05, 4.69) is 31.2 Å². The van der Waals surface area contributed by atoms with Gasteiger partial charge in [-0.2, -0.15) is 0 Å². The summed E-state index contributed by atoms with van der Waals surface area (Å²) >= 11 is 0. The second-order valence-corrected chi connectivity index (χ2v) is 10.1. The maximum atomic E-state index is 13.5. The summed E-state index contributed by atoms with van der Waals surface area (Å²) < 4.78 is 25.4. The van der Waals surface area contributed by atoms with Gasteiger partial charge >= 0.3 is 0 Å². The van der Waals surface area contributed by atoms with E-state index in [9.17, 15) is 13.2 Å². The summed E-state index contributed by atoms with van der Waals surface area (Å²) in [7, 11) is -3.29. The van der Waals surface area contributed by atoms with Crippen LogP contribution in [0.3, 0.4) is 0 Å². The number of hydrogen-bond acceptors (Lipinski definition) is 3. The minimum absolute atomic E-state index is 0.0408. The molecule has 1 fully saturated rings. The number of benzene rings is 2. The van der Waals surface area contributed by atoms with Gasteiger partial charge in [-0.3, -0.25) is 9.10 Å². The first-order valence-corrected chi connectivity index (χ1v) is 12.2. The van der Waals surface area contributed by atoms with E-state index in [0.29, 0.717) is 24.2 Å². The van der Waals surface area contributed by atoms with Crippen molar-refractivity contribution >= 4 is 21.6 Å². The van der Waals surface area contributed by atoms with Crippen molar-refractivity contribution in [3.05, 3.63) is 64.7 Å². The summed E-state index contributed by atoms with van der Waals surface area (Å²) in [6.07, 6.45) is 6.12. The highest BCUT2D eigenvalue weighted by atomic mass is 32.2. The van der Waals surface area contributed by atoms with Gasteiger partial charge in [0.1, 0.15) is 0 Å². The highest BCUT2D eigenvalue weighted by Gasteiger charge is 2.30. The van der Waals surface area contributed by atoms with E-state index in [1.54, 1.807) is 12.1 Å². The molecule has 2 aliphatic rings. The number of amides is 1. The number of hydrogen-bond donors (Lipinski definition) is 0. The van der Waals surface area contributed by atoms with Gasteiger partial charge in [0.05, 0.1) is 18.0 Å². The molecular formula is C23H28N2O3S. The van der Waals surface area contributed by atoms with E-state index >= 15 is 0 Å². The normalized spacial score (nSPS) is 19.7. The lowest BCUT2D eigenvalue weighted by Gasteiger charge is -2.31. The van der Waals surface area contributed by atoms with E-state index in [-0.39, 0.29) is 11.9 Å². The molecule has 2 aromatic carbocycles. The quantitative estimate of drug-likeness (QED) is 0.763. The predicted octanol–water partition coefficient (Wildman–Crippen LogP) is 4.07. The third-order valence-electron chi connectivity index (χ3n) is 6.02. The molecule has 1 unspecified atom stereocenters. The van der Waals surface area contributed by atoms with Crippen molar-refractivity contribution in [2.24, 2.45) is 0 Å². The van der Waals surface area contributed by atoms with Crippen LogP contribution in [-0.2, 0) is 16.4 Å². The van der Waals surface area contributed by atoms with E-state index in [1.807, 2.05) is 11.0 Å². The van der Waals surface area contributed by atoms with Gasteiger partial charge < -0.3 is 4.90 Å². The lowest BCUT2D eigenvalue weighted by atomic mass is 9.98. The van der Waals surface area contributed by atoms with Crippen LogP contribution in [-0.4, -0.2) is 38.6 Å². The van der Waals surface area contributed by atoms with Gasteiger partial charge in [-0.05, 0) is 55.5 Å². The zero-order valence-electron chi connectivity index (χ0n) is 17.1. The van der Waals surface area contributed by atoms with E-state index in [1.165, 1.54) is 21.7 Å². The molecule has 154 valence electrons. The van der Waals surface area contributed by atoms with Gasteiger partial charge in [-0.15, -0.1) is 0 Å². The van der Waals surface area contributed by atoms with E-state index in [0.717, 1.165) is 37.8 Å². The molecule has 0 bridgehead atoms. The molecule has 0 N–H and O–H groups in total. The lowest BCUT2D eigenvalue weighted by Crippen LogP contribution is -2.35. The first-order valence-electron chi connectivity index (χ1n) is 10.3. The number of fused-ring (bicyclic) bond motifs is 1. The summed E-state index contributed by atoms with van der Waals surface area (Å²) in [6.45, 7) is 3.28. The molecule has 1 atom stereocenters. The second kappa shape index (κ2) is 7.82. The van der Waals surface area contributed by atoms with Gasteiger partial charge in [0.2, 0.25) is 10.0 Å². The summed E-state index contributed by atoms with van der Waals surface area (Å²) in [5.74, 6) is 0.0408. The van der Waals surface area contributed by atoms with Gasteiger partial charge in [0.25, 0.3) is 5.91 Å². The third kappa shape index (κ3) is 4.04. The Labute approximate surface area is 173 Å². The Morgan fingerprint density at radius 2 is 1.86 bits per heavy atom. The summed E-state index contributed by atoms with van der Waals surface area (Å²) in [5, 5.41) is 0. The summed E-state index contributed by atoms with van der Waals surface area (Å²) in [4.78, 5) is 15.5. The van der Waals surface area contributed by atoms with Crippen molar-refractivity contribution in [3.8, 4) is 0 Å². The zero-order valence-corrected chi connectivity index (χ0v) is 17.9. The zero-order chi connectivity index (χ0) is 20.6. The largest absolute Gasteiger partial charge is 0.332 e. The molecule has 0 aliphatic carbocycles. The van der Waals surface area contributed by atoms with Crippen molar-refractivity contribution < 1.29 is 13.2 Å². The van der Waals surface area contributed by atoms with Gasteiger partial charge in [-0.1, -0.05) is 42.7 Å². The SMILES string of the molecule is Cc1cccc(C2CCCCCN2C(=O)c2ccc3c(c2)CCN3S(C)(=O)=O)c1. The Balaban J connectivity index is 1.65. The average molecular weight is 413 g/mol. The Bertz CT molecular complexity index is 1030. The summed E-state index contributed by atoms with van der Waals surface area (Å²) in [5.41, 5.74) is 4.69. The fourth-order valence-corrected chi connectivity index (χ4v) is 5.55.